The van der Waals surface area contributed by atoms with E-state index in [2.05, 4.69) is 0 Å². The van der Waals surface area contributed by atoms with Crippen molar-refractivity contribution < 1.29 is 17.6 Å². The van der Waals surface area contributed by atoms with Gasteiger partial charge >= 0.3 is 0 Å². The Hall–Kier alpha value is -2.12. The molecule has 0 aliphatic carbocycles. The summed E-state index contributed by atoms with van der Waals surface area (Å²) in [6.45, 7) is 3.28. The van der Waals surface area contributed by atoms with Crippen molar-refractivity contribution in [2.45, 2.75) is 24.7 Å². The Morgan fingerprint density at radius 2 is 1.80 bits per heavy atom. The maximum Gasteiger partial charge on any atom is 0.243 e. The molecule has 3 rings (SSSR count). The molecular formula is C18H22N2O4S. The lowest BCUT2D eigenvalue weighted by atomic mass is 10.2. The second-order valence-electron chi connectivity index (χ2n) is 6.13. The zero-order valence-electron chi connectivity index (χ0n) is 14.2. The predicted molar refractivity (Wildman–Crippen MR) is 93.5 cm³/mol. The van der Waals surface area contributed by atoms with E-state index in [0.29, 0.717) is 43.9 Å². The average Bonchev–Trinajstić information content (AvgIpc) is 3.13. The van der Waals surface area contributed by atoms with Gasteiger partial charge in [0.05, 0.1) is 11.2 Å². The zero-order valence-corrected chi connectivity index (χ0v) is 15.0. The number of piperazine rings is 1. The van der Waals surface area contributed by atoms with Gasteiger partial charge in [-0.15, -0.1) is 0 Å². The third kappa shape index (κ3) is 3.93. The summed E-state index contributed by atoms with van der Waals surface area (Å²) in [4.78, 5) is 14.4. The molecule has 134 valence electrons. The molecule has 2 aromatic rings. The molecule has 1 saturated heterocycles. The average molecular weight is 362 g/mol. The van der Waals surface area contributed by atoms with Gasteiger partial charge in [-0.3, -0.25) is 4.79 Å². The number of aryl methyl sites for hydroxylation is 2. The Bertz CT molecular complexity index is 823. The predicted octanol–water partition coefficient (Wildman–Crippen LogP) is 2.05. The van der Waals surface area contributed by atoms with Crippen LogP contribution >= 0.6 is 0 Å². The summed E-state index contributed by atoms with van der Waals surface area (Å²) in [6.07, 6.45) is 2.53. The number of hydrogen-bond acceptors (Lipinski definition) is 4. The lowest BCUT2D eigenvalue weighted by Crippen LogP contribution is -2.50. The summed E-state index contributed by atoms with van der Waals surface area (Å²) in [5.41, 5.74) is 0.736. The molecule has 0 N–H and O–H groups in total. The van der Waals surface area contributed by atoms with Crippen LogP contribution in [0, 0.1) is 6.92 Å². The third-order valence-electron chi connectivity index (χ3n) is 4.47. The molecule has 1 aliphatic rings. The summed E-state index contributed by atoms with van der Waals surface area (Å²) in [6, 6.07) is 10.6. The van der Waals surface area contributed by atoms with Gasteiger partial charge in [0.15, 0.2) is 0 Å². The van der Waals surface area contributed by atoms with Gasteiger partial charge in [0.2, 0.25) is 15.9 Å². The van der Waals surface area contributed by atoms with E-state index in [1.165, 1.54) is 4.31 Å². The van der Waals surface area contributed by atoms with Crippen LogP contribution in [0.25, 0.3) is 0 Å². The first-order valence-electron chi connectivity index (χ1n) is 8.34. The molecule has 1 fully saturated rings. The molecule has 0 atom stereocenters. The third-order valence-corrected chi connectivity index (χ3v) is 6.53. The van der Waals surface area contributed by atoms with Crippen molar-refractivity contribution in [3.05, 3.63) is 54.0 Å². The van der Waals surface area contributed by atoms with Crippen LogP contribution < -0.4 is 0 Å². The van der Waals surface area contributed by atoms with Crippen LogP contribution in [0.3, 0.4) is 0 Å². The van der Waals surface area contributed by atoms with Gasteiger partial charge in [-0.2, -0.15) is 4.31 Å². The van der Waals surface area contributed by atoms with Gasteiger partial charge in [0.25, 0.3) is 0 Å². The van der Waals surface area contributed by atoms with Crippen LogP contribution in [-0.4, -0.2) is 49.7 Å². The van der Waals surface area contributed by atoms with Crippen LogP contribution in [0.15, 0.2) is 52.0 Å². The maximum absolute atomic E-state index is 12.8. The van der Waals surface area contributed by atoms with Gasteiger partial charge in [0, 0.05) is 39.0 Å². The Morgan fingerprint density at radius 1 is 1.08 bits per heavy atom. The molecule has 25 heavy (non-hydrogen) atoms. The highest BCUT2D eigenvalue weighted by Gasteiger charge is 2.30. The quantitative estimate of drug-likeness (QED) is 0.816. The van der Waals surface area contributed by atoms with Crippen LogP contribution in [0.4, 0.5) is 0 Å². The number of hydrogen-bond donors (Lipinski definition) is 0. The first kappa shape index (κ1) is 17.7. The minimum atomic E-state index is -3.51. The van der Waals surface area contributed by atoms with E-state index in [9.17, 15) is 13.2 Å². The Kier molecular flexibility index (Phi) is 5.24. The van der Waals surface area contributed by atoms with E-state index in [1.54, 1.807) is 42.4 Å². The van der Waals surface area contributed by atoms with E-state index >= 15 is 0 Å². The van der Waals surface area contributed by atoms with Crippen molar-refractivity contribution >= 4 is 15.9 Å². The standard InChI is InChI=1S/C18H22N2O4S/c1-15-5-2-3-7-17(15)25(22,23)20-12-10-19(11-13-20)18(21)9-8-16-6-4-14-24-16/h2-7,14H,8-13H2,1H3. The Morgan fingerprint density at radius 3 is 2.44 bits per heavy atom. The molecule has 0 unspecified atom stereocenters. The fourth-order valence-electron chi connectivity index (χ4n) is 3.01. The lowest BCUT2D eigenvalue weighted by molar-refractivity contribution is -0.132. The first-order valence-corrected chi connectivity index (χ1v) is 9.78. The minimum Gasteiger partial charge on any atom is -0.469 e. The number of amides is 1. The molecule has 0 radical (unpaired) electrons. The number of rotatable bonds is 5. The van der Waals surface area contributed by atoms with Gasteiger partial charge < -0.3 is 9.32 Å². The number of benzene rings is 1. The van der Waals surface area contributed by atoms with Gasteiger partial charge in [-0.25, -0.2) is 8.42 Å². The molecule has 6 nitrogen and oxygen atoms in total. The highest BCUT2D eigenvalue weighted by Crippen LogP contribution is 2.21. The number of sulfonamides is 1. The summed E-state index contributed by atoms with van der Waals surface area (Å²) in [5.74, 6) is 0.818. The largest absolute Gasteiger partial charge is 0.469 e. The van der Waals surface area contributed by atoms with E-state index < -0.39 is 10.0 Å². The Balaban J connectivity index is 1.58. The number of nitrogens with zero attached hydrogens (tertiary/aromatic N) is 2. The van der Waals surface area contributed by atoms with Crippen LogP contribution in [-0.2, 0) is 21.2 Å². The smallest absolute Gasteiger partial charge is 0.243 e. The second kappa shape index (κ2) is 7.41. The molecule has 1 aromatic heterocycles. The molecule has 0 saturated carbocycles. The van der Waals surface area contributed by atoms with Gasteiger partial charge in [0.1, 0.15) is 5.76 Å². The summed E-state index contributed by atoms with van der Waals surface area (Å²) in [5, 5.41) is 0. The second-order valence-corrected chi connectivity index (χ2v) is 8.04. The van der Waals surface area contributed by atoms with Gasteiger partial charge in [-0.1, -0.05) is 18.2 Å². The summed E-state index contributed by atoms with van der Waals surface area (Å²) >= 11 is 0. The lowest BCUT2D eigenvalue weighted by Gasteiger charge is -2.34. The normalized spacial score (nSPS) is 16.1. The van der Waals surface area contributed by atoms with Crippen molar-refractivity contribution in [3.63, 3.8) is 0 Å². The number of carbonyl (C=O) groups excluding carboxylic acids is 1. The van der Waals surface area contributed by atoms with Gasteiger partial charge in [-0.05, 0) is 30.7 Å². The zero-order chi connectivity index (χ0) is 17.9. The molecule has 1 aliphatic heterocycles. The minimum absolute atomic E-state index is 0.0318. The van der Waals surface area contributed by atoms with Crippen LogP contribution in [0.2, 0.25) is 0 Å². The highest BCUT2D eigenvalue weighted by atomic mass is 32.2. The molecule has 1 amide bonds. The van der Waals surface area contributed by atoms with Crippen molar-refractivity contribution in [1.82, 2.24) is 9.21 Å². The highest BCUT2D eigenvalue weighted by molar-refractivity contribution is 7.89. The van der Waals surface area contributed by atoms with E-state index in [-0.39, 0.29) is 5.91 Å². The van der Waals surface area contributed by atoms with E-state index in [0.717, 1.165) is 11.3 Å². The molecule has 2 heterocycles. The fourth-order valence-corrected chi connectivity index (χ4v) is 4.65. The molecule has 7 heteroatoms. The SMILES string of the molecule is Cc1ccccc1S(=O)(=O)N1CCN(C(=O)CCc2ccco2)CC1. The van der Waals surface area contributed by atoms with E-state index in [1.807, 2.05) is 12.1 Å². The van der Waals surface area contributed by atoms with Crippen molar-refractivity contribution in [2.75, 3.05) is 26.2 Å². The summed E-state index contributed by atoms with van der Waals surface area (Å²) < 4.78 is 32.3. The topological polar surface area (TPSA) is 70.8 Å². The van der Waals surface area contributed by atoms with E-state index in [4.69, 9.17) is 4.42 Å². The van der Waals surface area contributed by atoms with Crippen LogP contribution in [0.5, 0.6) is 0 Å². The Labute approximate surface area is 148 Å². The maximum atomic E-state index is 12.8. The first-order chi connectivity index (χ1) is 12.0. The molecular weight excluding hydrogens is 340 g/mol. The molecule has 0 spiro atoms. The van der Waals surface area contributed by atoms with Crippen molar-refractivity contribution in [1.29, 1.82) is 0 Å². The molecule has 0 bridgehead atoms. The monoisotopic (exact) mass is 362 g/mol. The molecule has 1 aromatic carbocycles. The van der Waals surface area contributed by atoms with Crippen molar-refractivity contribution in [2.24, 2.45) is 0 Å². The fraction of sp³-hybridized carbons (Fsp3) is 0.389. The van der Waals surface area contributed by atoms with Crippen LogP contribution in [0.1, 0.15) is 17.7 Å². The number of carbonyl (C=O) groups is 1. The summed E-state index contributed by atoms with van der Waals surface area (Å²) in [7, 11) is -3.51. The van der Waals surface area contributed by atoms with Crippen molar-refractivity contribution in [3.8, 4) is 0 Å². The number of furan rings is 1.